The number of carbonyl (C=O) groups is 1. The largest absolute Gasteiger partial charge is 0.333 e. The van der Waals surface area contributed by atoms with Crippen LogP contribution in [0.2, 0.25) is 0 Å². The molecule has 0 aliphatic carbocycles. The lowest BCUT2D eigenvalue weighted by atomic mass is 10.1. The zero-order valence-corrected chi connectivity index (χ0v) is 15.8. The minimum Gasteiger partial charge on any atom is -0.333 e. The van der Waals surface area contributed by atoms with Crippen LogP contribution in [-0.2, 0) is 13.1 Å². The molecule has 140 valence electrons. The molecule has 2 heterocycles. The number of urea groups is 1. The Kier molecular flexibility index (Phi) is 5.80. The van der Waals surface area contributed by atoms with E-state index in [1.54, 1.807) is 18.7 Å². The van der Waals surface area contributed by atoms with Crippen LogP contribution in [0.5, 0.6) is 0 Å². The number of nitrogens with zero attached hydrogens (tertiary/aromatic N) is 4. The Morgan fingerprint density at radius 2 is 2.11 bits per heavy atom. The fourth-order valence-electron chi connectivity index (χ4n) is 2.77. The molecule has 0 saturated carbocycles. The Morgan fingerprint density at radius 3 is 2.89 bits per heavy atom. The summed E-state index contributed by atoms with van der Waals surface area (Å²) in [7, 11) is 0. The van der Waals surface area contributed by atoms with Crippen molar-refractivity contribution < 1.29 is 4.79 Å². The summed E-state index contributed by atoms with van der Waals surface area (Å²) in [6.07, 6.45) is 5.30. The molecule has 0 spiro atoms. The molecule has 3 aromatic rings. The van der Waals surface area contributed by atoms with Gasteiger partial charge in [-0.2, -0.15) is 0 Å². The highest BCUT2D eigenvalue weighted by Crippen LogP contribution is 2.20. The van der Waals surface area contributed by atoms with E-state index >= 15 is 0 Å². The highest BCUT2D eigenvalue weighted by molar-refractivity contribution is 5.89. The Hall–Kier alpha value is -3.22. The lowest BCUT2D eigenvalue weighted by molar-refractivity contribution is 0.251. The van der Waals surface area contributed by atoms with Crippen LogP contribution in [0, 0.1) is 12.8 Å². The quantitative estimate of drug-likeness (QED) is 0.699. The van der Waals surface area contributed by atoms with Crippen molar-refractivity contribution in [1.82, 2.24) is 24.8 Å². The number of imidazole rings is 1. The highest BCUT2D eigenvalue weighted by Gasteiger charge is 2.08. The maximum absolute atomic E-state index is 12.3. The van der Waals surface area contributed by atoms with Gasteiger partial charge in [0.15, 0.2) is 0 Å². The molecular weight excluding hydrogens is 340 g/mol. The van der Waals surface area contributed by atoms with E-state index < -0.39 is 0 Å². The third-order valence-electron chi connectivity index (χ3n) is 3.98. The Morgan fingerprint density at radius 1 is 1.26 bits per heavy atom. The molecule has 1 aromatic carbocycles. The predicted molar refractivity (Wildman–Crippen MR) is 105 cm³/mol. The zero-order valence-electron chi connectivity index (χ0n) is 15.8. The topological polar surface area (TPSA) is 84.7 Å². The highest BCUT2D eigenvalue weighted by atomic mass is 16.2. The van der Waals surface area contributed by atoms with Crippen molar-refractivity contribution in [2.24, 2.45) is 5.92 Å². The van der Waals surface area contributed by atoms with Crippen molar-refractivity contribution in [3.8, 4) is 11.3 Å². The van der Waals surface area contributed by atoms with Crippen LogP contribution in [0.4, 0.5) is 10.5 Å². The van der Waals surface area contributed by atoms with Gasteiger partial charge in [0.05, 0.1) is 24.3 Å². The van der Waals surface area contributed by atoms with Gasteiger partial charge in [0.2, 0.25) is 0 Å². The van der Waals surface area contributed by atoms with E-state index in [4.69, 9.17) is 0 Å². The summed E-state index contributed by atoms with van der Waals surface area (Å²) in [5.74, 6) is 1.22. The standard InChI is InChI=1S/C20H24N6O/c1-14(2)12-26-13-21-10-18(26)11-23-20(27)25-17-6-4-5-16(9-17)19-7-8-22-15(3)24-19/h4-10,13-14H,11-12H2,1-3H3,(H2,23,25,27). The lowest BCUT2D eigenvalue weighted by Gasteiger charge is -2.12. The summed E-state index contributed by atoms with van der Waals surface area (Å²) in [4.78, 5) is 25.0. The van der Waals surface area contributed by atoms with Crippen molar-refractivity contribution >= 4 is 11.7 Å². The maximum atomic E-state index is 12.3. The molecule has 0 aliphatic heterocycles. The molecule has 3 rings (SSSR count). The molecule has 0 bridgehead atoms. The lowest BCUT2D eigenvalue weighted by Crippen LogP contribution is -2.29. The number of rotatable bonds is 6. The van der Waals surface area contributed by atoms with Gasteiger partial charge in [-0.1, -0.05) is 26.0 Å². The molecule has 27 heavy (non-hydrogen) atoms. The van der Waals surface area contributed by atoms with Gasteiger partial charge < -0.3 is 15.2 Å². The number of carbonyl (C=O) groups excluding carboxylic acids is 1. The summed E-state index contributed by atoms with van der Waals surface area (Å²) in [5, 5.41) is 5.75. The monoisotopic (exact) mass is 364 g/mol. The normalized spacial score (nSPS) is 10.8. The van der Waals surface area contributed by atoms with Crippen LogP contribution in [0.25, 0.3) is 11.3 Å². The van der Waals surface area contributed by atoms with Gasteiger partial charge >= 0.3 is 6.03 Å². The molecule has 7 heteroatoms. The molecule has 2 aromatic heterocycles. The van der Waals surface area contributed by atoms with Crippen LogP contribution < -0.4 is 10.6 Å². The molecule has 2 amide bonds. The first kappa shape index (κ1) is 18.6. The van der Waals surface area contributed by atoms with Crippen molar-refractivity contribution in [3.63, 3.8) is 0 Å². The summed E-state index contributed by atoms with van der Waals surface area (Å²) >= 11 is 0. The van der Waals surface area contributed by atoms with Gasteiger partial charge in [-0.25, -0.2) is 19.7 Å². The molecule has 7 nitrogen and oxygen atoms in total. The molecule has 2 N–H and O–H groups in total. The van der Waals surface area contributed by atoms with E-state index in [1.165, 1.54) is 0 Å². The first-order chi connectivity index (χ1) is 13.0. The fraction of sp³-hybridized carbons (Fsp3) is 0.300. The maximum Gasteiger partial charge on any atom is 0.319 e. The Bertz CT molecular complexity index is 918. The van der Waals surface area contributed by atoms with E-state index in [-0.39, 0.29) is 6.03 Å². The van der Waals surface area contributed by atoms with Crippen LogP contribution >= 0.6 is 0 Å². The van der Waals surface area contributed by atoms with E-state index in [2.05, 4.69) is 44.0 Å². The first-order valence-electron chi connectivity index (χ1n) is 8.95. The average molecular weight is 364 g/mol. The molecule has 0 aliphatic rings. The second-order valence-corrected chi connectivity index (χ2v) is 6.81. The minimum atomic E-state index is -0.261. The third-order valence-corrected chi connectivity index (χ3v) is 3.98. The van der Waals surface area contributed by atoms with E-state index in [0.717, 1.165) is 23.5 Å². The summed E-state index contributed by atoms with van der Waals surface area (Å²) < 4.78 is 2.06. The van der Waals surface area contributed by atoms with E-state index in [0.29, 0.717) is 24.0 Å². The first-order valence-corrected chi connectivity index (χ1v) is 8.95. The zero-order chi connectivity index (χ0) is 19.2. The van der Waals surface area contributed by atoms with Crippen molar-refractivity contribution in [2.45, 2.75) is 33.9 Å². The van der Waals surface area contributed by atoms with Crippen LogP contribution in [0.3, 0.4) is 0 Å². The molecule has 0 saturated heterocycles. The Labute approximate surface area is 158 Å². The number of hydrogen-bond donors (Lipinski definition) is 2. The van der Waals surface area contributed by atoms with Gasteiger partial charge in [0.1, 0.15) is 5.82 Å². The number of anilines is 1. The summed E-state index contributed by atoms with van der Waals surface area (Å²) in [6.45, 7) is 7.44. The van der Waals surface area contributed by atoms with Gasteiger partial charge in [0, 0.05) is 30.2 Å². The minimum absolute atomic E-state index is 0.261. The second-order valence-electron chi connectivity index (χ2n) is 6.81. The van der Waals surface area contributed by atoms with E-state index in [9.17, 15) is 4.79 Å². The van der Waals surface area contributed by atoms with Gasteiger partial charge in [-0.05, 0) is 31.0 Å². The number of aryl methyl sites for hydroxylation is 1. The van der Waals surface area contributed by atoms with Gasteiger partial charge in [-0.3, -0.25) is 0 Å². The molecule has 0 unspecified atom stereocenters. The SMILES string of the molecule is Cc1nccc(-c2cccc(NC(=O)NCc3cncn3CC(C)C)c2)n1. The number of benzene rings is 1. The van der Waals surface area contributed by atoms with Crippen LogP contribution in [0.1, 0.15) is 25.4 Å². The number of nitrogens with one attached hydrogen (secondary N) is 2. The van der Waals surface area contributed by atoms with Gasteiger partial charge in [0.25, 0.3) is 0 Å². The molecule has 0 fully saturated rings. The second kappa shape index (κ2) is 8.44. The van der Waals surface area contributed by atoms with Crippen molar-refractivity contribution in [3.05, 3.63) is 60.6 Å². The fourth-order valence-corrected chi connectivity index (χ4v) is 2.77. The summed E-state index contributed by atoms with van der Waals surface area (Å²) in [6, 6.07) is 9.17. The number of aromatic nitrogens is 4. The smallest absolute Gasteiger partial charge is 0.319 e. The average Bonchev–Trinajstić information content (AvgIpc) is 3.06. The molecule has 0 radical (unpaired) electrons. The third kappa shape index (κ3) is 5.13. The van der Waals surface area contributed by atoms with E-state index in [1.807, 2.05) is 37.3 Å². The number of hydrogen-bond acceptors (Lipinski definition) is 4. The Balaban J connectivity index is 1.62. The summed E-state index contributed by atoms with van der Waals surface area (Å²) in [5.41, 5.74) is 3.43. The van der Waals surface area contributed by atoms with Crippen LogP contribution in [0.15, 0.2) is 49.1 Å². The van der Waals surface area contributed by atoms with Crippen LogP contribution in [-0.4, -0.2) is 25.6 Å². The van der Waals surface area contributed by atoms with Crippen molar-refractivity contribution in [1.29, 1.82) is 0 Å². The number of amides is 2. The molecule has 0 atom stereocenters. The molecular formula is C20H24N6O. The predicted octanol–water partition coefficient (Wildman–Crippen LogP) is 3.63. The van der Waals surface area contributed by atoms with Gasteiger partial charge in [-0.15, -0.1) is 0 Å². The van der Waals surface area contributed by atoms with Crippen molar-refractivity contribution in [2.75, 3.05) is 5.32 Å².